The molecule has 0 unspecified atom stereocenters. The Morgan fingerprint density at radius 3 is 2.11 bits per heavy atom. The number of aromatic nitrogens is 1. The molecule has 3 heteroatoms. The number of nitrogens with zero attached hydrogens (tertiary/aromatic N) is 1. The van der Waals surface area contributed by atoms with Crippen LogP contribution in [0.25, 0.3) is 38.9 Å². The Kier molecular flexibility index (Phi) is 4.86. The van der Waals surface area contributed by atoms with E-state index in [1.807, 2.05) is 0 Å². The van der Waals surface area contributed by atoms with E-state index in [9.17, 15) is 0 Å². The van der Waals surface area contributed by atoms with E-state index in [0.717, 1.165) is 15.4 Å². The van der Waals surface area contributed by atoms with Gasteiger partial charge in [-0.1, -0.05) is 111 Å². The van der Waals surface area contributed by atoms with Crippen molar-refractivity contribution in [3.8, 4) is 16.8 Å². The topological polar surface area (TPSA) is 4.93 Å². The van der Waals surface area contributed by atoms with Crippen LogP contribution in [0.1, 0.15) is 34.9 Å². The zero-order valence-electron chi connectivity index (χ0n) is 19.9. The van der Waals surface area contributed by atoms with Gasteiger partial charge in [0.2, 0.25) is 0 Å². The summed E-state index contributed by atoms with van der Waals surface area (Å²) in [6.45, 7) is 6.60. The normalized spacial score (nSPS) is 15.6. The standard InChI is InChI=1S/C33H23Br2N/c1-20(2)31-24-19-21(35)15-16-29(24)36-30-14-8-7-13-27(30)33(28(17-18-34)32(31)36)25-11-5-3-9-22(25)23-10-4-6-12-26(23)33/h3-17,19H,1,18H2,2H3/b28-17+. The molecule has 0 saturated heterocycles. The Hall–Kier alpha value is -3.14. The van der Waals surface area contributed by atoms with Crippen molar-refractivity contribution in [2.24, 2.45) is 0 Å². The molecule has 174 valence electrons. The molecule has 0 saturated carbocycles. The van der Waals surface area contributed by atoms with Gasteiger partial charge in [0.1, 0.15) is 0 Å². The van der Waals surface area contributed by atoms with E-state index in [0.29, 0.717) is 0 Å². The fourth-order valence-corrected chi connectivity index (χ4v) is 7.34. The van der Waals surface area contributed by atoms with E-state index in [2.05, 4.69) is 147 Å². The van der Waals surface area contributed by atoms with Crippen molar-refractivity contribution in [2.75, 3.05) is 5.33 Å². The number of para-hydroxylation sites is 1. The lowest BCUT2D eigenvalue weighted by atomic mass is 9.63. The van der Waals surface area contributed by atoms with Gasteiger partial charge in [-0.05, 0) is 70.2 Å². The number of hydrogen-bond acceptors (Lipinski definition) is 0. The molecule has 0 atom stereocenters. The third kappa shape index (κ3) is 2.65. The summed E-state index contributed by atoms with van der Waals surface area (Å²) in [7, 11) is 0. The maximum absolute atomic E-state index is 4.47. The van der Waals surface area contributed by atoms with Gasteiger partial charge in [0.25, 0.3) is 0 Å². The smallest absolute Gasteiger partial charge is 0.0751 e. The maximum atomic E-state index is 4.47. The predicted molar refractivity (Wildman–Crippen MR) is 159 cm³/mol. The SMILES string of the molecule is C=C(C)c1c2n(c3ccc(Br)cc13)-c1ccccc1C1(/C2=C/CBr)c2ccccc2-c2ccccc21. The molecule has 1 nitrogen and oxygen atoms in total. The van der Waals surface area contributed by atoms with Crippen LogP contribution >= 0.6 is 31.9 Å². The number of fused-ring (bicyclic) bond motifs is 11. The summed E-state index contributed by atoms with van der Waals surface area (Å²) >= 11 is 7.52. The van der Waals surface area contributed by atoms with Crippen LogP contribution in [0.5, 0.6) is 0 Å². The van der Waals surface area contributed by atoms with Crippen LogP contribution in [0.3, 0.4) is 0 Å². The number of allylic oxidation sites excluding steroid dienone is 3. The second-order valence-electron chi connectivity index (χ2n) is 9.63. The summed E-state index contributed by atoms with van der Waals surface area (Å²) in [6, 6.07) is 33.4. The lowest BCUT2D eigenvalue weighted by molar-refractivity contribution is 0.776. The molecule has 4 aromatic carbocycles. The largest absolute Gasteiger partial charge is 0.309 e. The van der Waals surface area contributed by atoms with Crippen LogP contribution in [0.2, 0.25) is 0 Å². The third-order valence-electron chi connectivity index (χ3n) is 7.80. The quantitative estimate of drug-likeness (QED) is 0.180. The number of hydrogen-bond donors (Lipinski definition) is 0. The van der Waals surface area contributed by atoms with E-state index < -0.39 is 5.41 Å². The molecule has 1 aliphatic heterocycles. The van der Waals surface area contributed by atoms with E-state index in [4.69, 9.17) is 0 Å². The number of rotatable bonds is 2. The minimum absolute atomic E-state index is 0.413. The van der Waals surface area contributed by atoms with Gasteiger partial charge in [-0.15, -0.1) is 0 Å². The summed E-state index contributed by atoms with van der Waals surface area (Å²) in [5.41, 5.74) is 13.5. The van der Waals surface area contributed by atoms with Crippen LogP contribution in [0.15, 0.2) is 108 Å². The van der Waals surface area contributed by atoms with Gasteiger partial charge in [0.05, 0.1) is 22.3 Å². The Morgan fingerprint density at radius 2 is 1.47 bits per heavy atom. The molecule has 1 aromatic heterocycles. The van der Waals surface area contributed by atoms with Crippen molar-refractivity contribution in [1.82, 2.24) is 4.57 Å². The first-order valence-corrected chi connectivity index (χ1v) is 14.1. The summed E-state index contributed by atoms with van der Waals surface area (Å²) < 4.78 is 3.54. The van der Waals surface area contributed by atoms with Crippen molar-refractivity contribution < 1.29 is 0 Å². The highest BCUT2D eigenvalue weighted by Gasteiger charge is 2.52. The van der Waals surface area contributed by atoms with Crippen molar-refractivity contribution >= 4 is 53.9 Å². The molecule has 0 amide bonds. The van der Waals surface area contributed by atoms with Crippen LogP contribution < -0.4 is 0 Å². The molecular formula is C33H23Br2N. The molecule has 2 aliphatic rings. The molecule has 1 aliphatic carbocycles. The van der Waals surface area contributed by atoms with Gasteiger partial charge in [-0.3, -0.25) is 0 Å². The van der Waals surface area contributed by atoms with Gasteiger partial charge < -0.3 is 4.57 Å². The summed E-state index contributed by atoms with van der Waals surface area (Å²) in [5.74, 6) is 0. The number of halogens is 2. The highest BCUT2D eigenvalue weighted by molar-refractivity contribution is 9.10. The molecule has 36 heavy (non-hydrogen) atoms. The van der Waals surface area contributed by atoms with Crippen molar-refractivity contribution in [1.29, 1.82) is 0 Å². The third-order valence-corrected chi connectivity index (χ3v) is 8.61. The average Bonchev–Trinajstić information content (AvgIpc) is 3.38. The molecule has 0 N–H and O–H groups in total. The maximum Gasteiger partial charge on any atom is 0.0751 e. The van der Waals surface area contributed by atoms with Gasteiger partial charge in [0, 0.05) is 20.8 Å². The average molecular weight is 593 g/mol. The molecule has 7 rings (SSSR count). The van der Waals surface area contributed by atoms with Gasteiger partial charge in [-0.25, -0.2) is 0 Å². The van der Waals surface area contributed by atoms with Gasteiger partial charge >= 0.3 is 0 Å². The second-order valence-corrected chi connectivity index (χ2v) is 11.2. The lowest BCUT2D eigenvalue weighted by Gasteiger charge is -2.42. The van der Waals surface area contributed by atoms with Crippen molar-refractivity contribution in [3.63, 3.8) is 0 Å². The highest BCUT2D eigenvalue weighted by atomic mass is 79.9. The summed E-state index contributed by atoms with van der Waals surface area (Å²) in [4.78, 5) is 0. The minimum atomic E-state index is -0.413. The number of alkyl halides is 1. The second kappa shape index (κ2) is 7.93. The van der Waals surface area contributed by atoms with Gasteiger partial charge in [0.15, 0.2) is 0 Å². The molecule has 2 heterocycles. The first-order chi connectivity index (χ1) is 17.6. The Labute approximate surface area is 228 Å². The summed E-state index contributed by atoms with van der Waals surface area (Å²) in [6.07, 6.45) is 2.38. The Morgan fingerprint density at radius 1 is 0.861 bits per heavy atom. The van der Waals surface area contributed by atoms with Crippen molar-refractivity contribution in [2.45, 2.75) is 12.3 Å². The lowest BCUT2D eigenvalue weighted by Crippen LogP contribution is -2.35. The first-order valence-electron chi connectivity index (χ1n) is 12.1. The van der Waals surface area contributed by atoms with E-state index in [1.165, 1.54) is 61.2 Å². The van der Waals surface area contributed by atoms with Gasteiger partial charge in [-0.2, -0.15) is 0 Å². The minimum Gasteiger partial charge on any atom is -0.309 e. The molecule has 0 bridgehead atoms. The zero-order chi connectivity index (χ0) is 24.6. The monoisotopic (exact) mass is 591 g/mol. The van der Waals surface area contributed by atoms with Crippen molar-refractivity contribution in [3.05, 3.63) is 136 Å². The van der Waals surface area contributed by atoms with E-state index in [1.54, 1.807) is 0 Å². The molecule has 0 radical (unpaired) electrons. The van der Waals surface area contributed by atoms with Crippen LogP contribution in [0.4, 0.5) is 0 Å². The zero-order valence-corrected chi connectivity index (χ0v) is 23.0. The van der Waals surface area contributed by atoms with E-state index in [-0.39, 0.29) is 0 Å². The molecule has 5 aromatic rings. The fourth-order valence-electron chi connectivity index (χ4n) is 6.65. The summed E-state index contributed by atoms with van der Waals surface area (Å²) in [5, 5.41) is 1.98. The predicted octanol–water partition coefficient (Wildman–Crippen LogP) is 9.53. The fraction of sp³-hybridized carbons (Fsp3) is 0.0909. The Balaban J connectivity index is 1.76. The van der Waals surface area contributed by atoms with E-state index >= 15 is 0 Å². The van der Waals surface area contributed by atoms with Crippen LogP contribution in [0, 0.1) is 0 Å². The van der Waals surface area contributed by atoms with Crippen LogP contribution in [-0.2, 0) is 5.41 Å². The molecule has 1 spiro atoms. The Bertz CT molecular complexity index is 1720. The highest BCUT2D eigenvalue weighted by Crippen LogP contribution is 2.63. The molecule has 0 fully saturated rings. The number of benzene rings is 4. The van der Waals surface area contributed by atoms with Crippen LogP contribution in [-0.4, -0.2) is 9.90 Å². The first kappa shape index (κ1) is 22.1. The molecular weight excluding hydrogens is 570 g/mol.